The SMILES string of the molecule is COc1ccccc1N1CC[NH+](CC(=O)Nc2ccc(C)cc2F)CC1. The van der Waals surface area contributed by atoms with Gasteiger partial charge in [0.25, 0.3) is 5.91 Å². The van der Waals surface area contributed by atoms with Crippen LogP contribution in [0, 0.1) is 12.7 Å². The van der Waals surface area contributed by atoms with Crippen LogP contribution in [0.1, 0.15) is 5.56 Å². The number of ether oxygens (including phenoxy) is 1. The fourth-order valence-electron chi connectivity index (χ4n) is 3.27. The van der Waals surface area contributed by atoms with Gasteiger partial charge in [-0.3, -0.25) is 4.79 Å². The van der Waals surface area contributed by atoms with Crippen molar-refractivity contribution in [2.75, 3.05) is 50.1 Å². The van der Waals surface area contributed by atoms with Crippen LogP contribution >= 0.6 is 0 Å². The van der Waals surface area contributed by atoms with Crippen LogP contribution < -0.4 is 19.9 Å². The first-order chi connectivity index (χ1) is 12.6. The zero-order valence-corrected chi connectivity index (χ0v) is 15.2. The third-order valence-electron chi connectivity index (χ3n) is 4.71. The van der Waals surface area contributed by atoms with Crippen LogP contribution in [0.5, 0.6) is 5.75 Å². The normalized spacial score (nSPS) is 15.0. The minimum Gasteiger partial charge on any atom is -0.495 e. The number of hydrogen-bond acceptors (Lipinski definition) is 3. The number of methoxy groups -OCH3 is 1. The molecule has 1 heterocycles. The summed E-state index contributed by atoms with van der Waals surface area (Å²) in [4.78, 5) is 15.7. The Kier molecular flexibility index (Phi) is 5.73. The lowest BCUT2D eigenvalue weighted by atomic mass is 10.2. The fraction of sp³-hybridized carbons (Fsp3) is 0.350. The highest BCUT2D eigenvalue weighted by Crippen LogP contribution is 2.27. The molecule has 2 N–H and O–H groups in total. The number of para-hydroxylation sites is 2. The fourth-order valence-corrected chi connectivity index (χ4v) is 3.27. The molecule has 6 heteroatoms. The largest absolute Gasteiger partial charge is 0.495 e. The van der Waals surface area contributed by atoms with E-state index in [4.69, 9.17) is 4.74 Å². The van der Waals surface area contributed by atoms with Gasteiger partial charge in [-0.2, -0.15) is 0 Å². The quantitative estimate of drug-likeness (QED) is 0.851. The topological polar surface area (TPSA) is 46.0 Å². The standard InChI is InChI=1S/C20H24FN3O2/c1-15-7-8-17(16(21)13-15)22-20(25)14-23-9-11-24(12-10-23)18-5-3-4-6-19(18)26-2/h3-8,13H,9-12,14H2,1-2H3,(H,22,25)/p+1. The Balaban J connectivity index is 1.53. The first-order valence-electron chi connectivity index (χ1n) is 8.84. The van der Waals surface area contributed by atoms with Crippen molar-refractivity contribution in [3.8, 4) is 5.75 Å². The summed E-state index contributed by atoms with van der Waals surface area (Å²) in [6.45, 7) is 5.56. The molecule has 1 saturated heterocycles. The van der Waals surface area contributed by atoms with Crippen LogP contribution in [0.4, 0.5) is 15.8 Å². The Morgan fingerprint density at radius 1 is 1.23 bits per heavy atom. The molecule has 0 radical (unpaired) electrons. The average Bonchev–Trinajstić information content (AvgIpc) is 2.64. The molecule has 3 rings (SSSR count). The van der Waals surface area contributed by atoms with E-state index in [1.54, 1.807) is 19.2 Å². The third kappa shape index (κ3) is 4.32. The number of halogens is 1. The number of piperazine rings is 1. The Hall–Kier alpha value is -2.60. The number of rotatable bonds is 5. The van der Waals surface area contributed by atoms with Crippen molar-refractivity contribution in [2.24, 2.45) is 0 Å². The average molecular weight is 358 g/mol. The molecule has 0 atom stereocenters. The minimum atomic E-state index is -0.394. The van der Waals surface area contributed by atoms with Crippen LogP contribution in [0.2, 0.25) is 0 Å². The van der Waals surface area contributed by atoms with Gasteiger partial charge in [-0.15, -0.1) is 0 Å². The molecule has 26 heavy (non-hydrogen) atoms. The number of anilines is 2. The molecule has 138 valence electrons. The predicted octanol–water partition coefficient (Wildman–Crippen LogP) is 1.49. The van der Waals surface area contributed by atoms with E-state index in [9.17, 15) is 9.18 Å². The minimum absolute atomic E-state index is 0.159. The number of nitrogens with zero attached hydrogens (tertiary/aromatic N) is 1. The maximum atomic E-state index is 13.9. The molecule has 2 aromatic carbocycles. The maximum Gasteiger partial charge on any atom is 0.279 e. The number of amides is 1. The van der Waals surface area contributed by atoms with E-state index >= 15 is 0 Å². The number of carbonyl (C=O) groups excluding carboxylic acids is 1. The molecule has 0 unspecified atom stereocenters. The zero-order chi connectivity index (χ0) is 18.5. The van der Waals surface area contributed by atoms with Crippen molar-refractivity contribution >= 4 is 17.3 Å². The molecule has 0 saturated carbocycles. The van der Waals surface area contributed by atoms with E-state index < -0.39 is 5.82 Å². The van der Waals surface area contributed by atoms with Crippen LogP contribution in [0.25, 0.3) is 0 Å². The first-order valence-corrected chi connectivity index (χ1v) is 8.84. The zero-order valence-electron chi connectivity index (χ0n) is 15.2. The maximum absolute atomic E-state index is 13.9. The van der Waals surface area contributed by atoms with Crippen molar-refractivity contribution < 1.29 is 18.8 Å². The molecule has 1 aliphatic rings. The molecule has 5 nitrogen and oxygen atoms in total. The third-order valence-corrected chi connectivity index (χ3v) is 4.71. The van der Waals surface area contributed by atoms with Crippen molar-refractivity contribution in [1.82, 2.24) is 0 Å². The highest BCUT2D eigenvalue weighted by Gasteiger charge is 2.24. The van der Waals surface area contributed by atoms with E-state index in [1.165, 1.54) is 11.0 Å². The molecule has 1 amide bonds. The van der Waals surface area contributed by atoms with Crippen molar-refractivity contribution in [3.63, 3.8) is 0 Å². The summed E-state index contributed by atoms with van der Waals surface area (Å²) < 4.78 is 19.3. The number of carbonyl (C=O) groups is 1. The van der Waals surface area contributed by atoms with Crippen LogP contribution in [-0.4, -0.2) is 45.7 Å². The van der Waals surface area contributed by atoms with E-state index in [2.05, 4.69) is 16.3 Å². The first kappa shape index (κ1) is 18.2. The van der Waals surface area contributed by atoms with Gasteiger partial charge in [0.15, 0.2) is 6.54 Å². The van der Waals surface area contributed by atoms with Gasteiger partial charge >= 0.3 is 0 Å². The smallest absolute Gasteiger partial charge is 0.279 e. The Labute approximate surface area is 153 Å². The van der Waals surface area contributed by atoms with E-state index in [1.807, 2.05) is 25.1 Å². The predicted molar refractivity (Wildman–Crippen MR) is 101 cm³/mol. The summed E-state index contributed by atoms with van der Waals surface area (Å²) in [5, 5.41) is 2.68. The van der Waals surface area contributed by atoms with Gasteiger partial charge in [-0.1, -0.05) is 18.2 Å². The monoisotopic (exact) mass is 358 g/mol. The summed E-state index contributed by atoms with van der Waals surface area (Å²) in [6, 6.07) is 12.8. The molecular formula is C20H25FN3O2+. The molecule has 1 fully saturated rings. The number of quaternary nitrogens is 1. The lowest BCUT2D eigenvalue weighted by Crippen LogP contribution is -3.15. The van der Waals surface area contributed by atoms with E-state index in [0.29, 0.717) is 6.54 Å². The Morgan fingerprint density at radius 2 is 1.96 bits per heavy atom. The van der Waals surface area contributed by atoms with Crippen LogP contribution in [-0.2, 0) is 4.79 Å². The second-order valence-electron chi connectivity index (χ2n) is 6.62. The van der Waals surface area contributed by atoms with E-state index in [0.717, 1.165) is 43.2 Å². The van der Waals surface area contributed by atoms with Gasteiger partial charge < -0.3 is 19.9 Å². The molecule has 0 bridgehead atoms. The molecule has 0 aromatic heterocycles. The second kappa shape index (κ2) is 8.19. The van der Waals surface area contributed by atoms with Crippen molar-refractivity contribution in [3.05, 3.63) is 53.8 Å². The Morgan fingerprint density at radius 3 is 2.65 bits per heavy atom. The van der Waals surface area contributed by atoms with Gasteiger partial charge in [-0.05, 0) is 36.8 Å². The summed E-state index contributed by atoms with van der Waals surface area (Å²) in [6.07, 6.45) is 0. The summed E-state index contributed by atoms with van der Waals surface area (Å²) in [5.74, 6) is 0.311. The highest BCUT2D eigenvalue weighted by molar-refractivity contribution is 5.91. The summed E-state index contributed by atoms with van der Waals surface area (Å²) in [7, 11) is 1.68. The van der Waals surface area contributed by atoms with Gasteiger partial charge in [-0.25, -0.2) is 4.39 Å². The van der Waals surface area contributed by atoms with Gasteiger partial charge in [0.05, 0.1) is 44.7 Å². The van der Waals surface area contributed by atoms with Crippen LogP contribution in [0.15, 0.2) is 42.5 Å². The van der Waals surface area contributed by atoms with Crippen LogP contribution in [0.3, 0.4) is 0 Å². The molecule has 1 aliphatic heterocycles. The van der Waals surface area contributed by atoms with Gasteiger partial charge in [0.2, 0.25) is 0 Å². The number of aryl methyl sites for hydroxylation is 1. The highest BCUT2D eigenvalue weighted by atomic mass is 19.1. The second-order valence-corrected chi connectivity index (χ2v) is 6.62. The molecular weight excluding hydrogens is 333 g/mol. The summed E-state index contributed by atoms with van der Waals surface area (Å²) >= 11 is 0. The molecule has 0 aliphatic carbocycles. The van der Waals surface area contributed by atoms with Crippen molar-refractivity contribution in [1.29, 1.82) is 0 Å². The number of nitrogens with one attached hydrogen (secondary N) is 2. The van der Waals surface area contributed by atoms with Crippen molar-refractivity contribution in [2.45, 2.75) is 6.92 Å². The summed E-state index contributed by atoms with van der Waals surface area (Å²) in [5.41, 5.74) is 2.16. The van der Waals surface area contributed by atoms with Gasteiger partial charge in [0, 0.05) is 0 Å². The Bertz CT molecular complexity index is 773. The number of hydrogen-bond donors (Lipinski definition) is 2. The lowest BCUT2D eigenvalue weighted by molar-refractivity contribution is -0.892. The molecule has 0 spiro atoms. The lowest BCUT2D eigenvalue weighted by Gasteiger charge is -2.34. The van der Waals surface area contributed by atoms with E-state index in [-0.39, 0.29) is 11.6 Å². The molecule has 2 aromatic rings. The number of benzene rings is 2. The van der Waals surface area contributed by atoms with Gasteiger partial charge in [0.1, 0.15) is 11.6 Å².